The number of rotatable bonds is 5. The van der Waals surface area contributed by atoms with Gasteiger partial charge in [-0.25, -0.2) is 4.98 Å². The van der Waals surface area contributed by atoms with Crippen LogP contribution in [-0.4, -0.2) is 28.5 Å². The Bertz CT molecular complexity index is 839. The largest absolute Gasteiger partial charge is 0.372 e. The number of benzene rings is 1. The third kappa shape index (κ3) is 3.24. The molecule has 0 fully saturated rings. The Labute approximate surface area is 134 Å². The molecular weight excluding hydrogens is 290 g/mol. The first kappa shape index (κ1) is 15.2. The molecule has 0 saturated carbocycles. The zero-order valence-electron chi connectivity index (χ0n) is 13.2. The van der Waals surface area contributed by atoms with Crippen LogP contribution in [0.25, 0.3) is 16.9 Å². The van der Waals surface area contributed by atoms with Gasteiger partial charge in [-0.15, -0.1) is 0 Å². The number of amides is 1. The van der Waals surface area contributed by atoms with E-state index in [4.69, 9.17) is 4.74 Å². The highest BCUT2D eigenvalue weighted by Crippen LogP contribution is 2.29. The number of hydrogen-bond acceptors (Lipinski definition) is 3. The average molecular weight is 309 g/mol. The van der Waals surface area contributed by atoms with E-state index < -0.39 is 0 Å². The number of nitrogens with zero attached hydrogens (tertiary/aromatic N) is 2. The van der Waals surface area contributed by atoms with Crippen molar-refractivity contribution in [3.05, 3.63) is 54.4 Å². The van der Waals surface area contributed by atoms with Crippen molar-refractivity contribution in [1.82, 2.24) is 9.38 Å². The normalized spacial score (nSPS) is 10.9. The maximum Gasteiger partial charge on any atom is 0.250 e. The van der Waals surface area contributed by atoms with E-state index in [1.807, 2.05) is 60.8 Å². The second-order valence-corrected chi connectivity index (χ2v) is 5.30. The van der Waals surface area contributed by atoms with E-state index >= 15 is 0 Å². The third-order valence-electron chi connectivity index (χ3n) is 3.59. The third-order valence-corrected chi connectivity index (χ3v) is 3.59. The summed E-state index contributed by atoms with van der Waals surface area (Å²) in [5.41, 5.74) is 4.65. The number of aryl methyl sites for hydroxylation is 1. The number of carbonyl (C=O) groups excluding carboxylic acids is 1. The van der Waals surface area contributed by atoms with E-state index in [0.717, 1.165) is 28.2 Å². The standard InChI is InChI=1S/C18H19N3O2/c1-3-23-12-18(22)20-15-11-13(2)7-8-14(15)16-5-4-6-17-19-9-10-21(16)17/h4-11H,3,12H2,1-2H3,(H,20,22). The van der Waals surface area contributed by atoms with Crippen LogP contribution in [0, 0.1) is 6.92 Å². The van der Waals surface area contributed by atoms with Crippen molar-refractivity contribution in [1.29, 1.82) is 0 Å². The topological polar surface area (TPSA) is 55.6 Å². The van der Waals surface area contributed by atoms with Gasteiger partial charge in [0, 0.05) is 24.6 Å². The van der Waals surface area contributed by atoms with Gasteiger partial charge in [0.15, 0.2) is 0 Å². The molecular formula is C18H19N3O2. The summed E-state index contributed by atoms with van der Waals surface area (Å²) >= 11 is 0. The predicted octanol–water partition coefficient (Wildman–Crippen LogP) is 3.28. The first-order valence-corrected chi connectivity index (χ1v) is 7.59. The molecule has 0 radical (unpaired) electrons. The first-order valence-electron chi connectivity index (χ1n) is 7.59. The summed E-state index contributed by atoms with van der Waals surface area (Å²) in [5.74, 6) is -0.156. The predicted molar refractivity (Wildman–Crippen MR) is 90.5 cm³/mol. The monoisotopic (exact) mass is 309 g/mol. The average Bonchev–Trinajstić information content (AvgIpc) is 3.02. The number of imidazole rings is 1. The number of fused-ring (bicyclic) bond motifs is 1. The molecule has 0 bridgehead atoms. The number of nitrogens with one attached hydrogen (secondary N) is 1. The first-order chi connectivity index (χ1) is 11.2. The molecule has 0 atom stereocenters. The van der Waals surface area contributed by atoms with Crippen molar-refractivity contribution in [2.45, 2.75) is 13.8 Å². The van der Waals surface area contributed by atoms with Gasteiger partial charge >= 0.3 is 0 Å². The fraction of sp³-hybridized carbons (Fsp3) is 0.222. The molecule has 3 rings (SSSR count). The van der Waals surface area contributed by atoms with Gasteiger partial charge < -0.3 is 10.1 Å². The SMILES string of the molecule is CCOCC(=O)Nc1cc(C)ccc1-c1cccc2nccn12. The van der Waals surface area contributed by atoms with Gasteiger partial charge in [-0.05, 0) is 37.6 Å². The van der Waals surface area contributed by atoms with Gasteiger partial charge in [0.25, 0.3) is 0 Å². The van der Waals surface area contributed by atoms with E-state index in [1.165, 1.54) is 0 Å². The number of anilines is 1. The highest BCUT2D eigenvalue weighted by Gasteiger charge is 2.11. The molecule has 2 heterocycles. The minimum absolute atomic E-state index is 0.0547. The number of hydrogen-bond donors (Lipinski definition) is 1. The number of aromatic nitrogens is 2. The smallest absolute Gasteiger partial charge is 0.250 e. The molecule has 0 unspecified atom stereocenters. The minimum Gasteiger partial charge on any atom is -0.372 e. The van der Waals surface area contributed by atoms with E-state index in [-0.39, 0.29) is 12.5 Å². The second kappa shape index (κ2) is 6.62. The summed E-state index contributed by atoms with van der Waals surface area (Å²) in [4.78, 5) is 16.3. The van der Waals surface area contributed by atoms with E-state index in [2.05, 4.69) is 10.3 Å². The Morgan fingerprint density at radius 1 is 1.30 bits per heavy atom. The van der Waals surface area contributed by atoms with Gasteiger partial charge in [0.2, 0.25) is 5.91 Å². The van der Waals surface area contributed by atoms with Crippen LogP contribution in [0.3, 0.4) is 0 Å². The van der Waals surface area contributed by atoms with Crippen LogP contribution in [0.1, 0.15) is 12.5 Å². The van der Waals surface area contributed by atoms with E-state index in [0.29, 0.717) is 6.61 Å². The van der Waals surface area contributed by atoms with Crippen molar-refractivity contribution in [3.63, 3.8) is 0 Å². The lowest BCUT2D eigenvalue weighted by molar-refractivity contribution is -0.120. The molecule has 0 aliphatic carbocycles. The maximum atomic E-state index is 12.0. The minimum atomic E-state index is -0.156. The highest BCUT2D eigenvalue weighted by molar-refractivity contribution is 5.96. The molecule has 5 nitrogen and oxygen atoms in total. The van der Waals surface area contributed by atoms with Crippen LogP contribution >= 0.6 is 0 Å². The van der Waals surface area contributed by atoms with Crippen molar-refractivity contribution in [3.8, 4) is 11.3 Å². The summed E-state index contributed by atoms with van der Waals surface area (Å²) in [6, 6.07) is 11.9. The lowest BCUT2D eigenvalue weighted by atomic mass is 10.1. The summed E-state index contributed by atoms with van der Waals surface area (Å²) in [6.45, 7) is 4.44. The van der Waals surface area contributed by atoms with Crippen LogP contribution in [0.5, 0.6) is 0 Å². The Morgan fingerprint density at radius 2 is 2.17 bits per heavy atom. The summed E-state index contributed by atoms with van der Waals surface area (Å²) in [5, 5.41) is 2.94. The number of carbonyl (C=O) groups is 1. The van der Waals surface area contributed by atoms with Gasteiger partial charge in [-0.2, -0.15) is 0 Å². The van der Waals surface area contributed by atoms with Crippen LogP contribution in [0.4, 0.5) is 5.69 Å². The molecule has 118 valence electrons. The van der Waals surface area contributed by atoms with E-state index in [9.17, 15) is 4.79 Å². The van der Waals surface area contributed by atoms with Crippen molar-refractivity contribution in [2.75, 3.05) is 18.5 Å². The van der Waals surface area contributed by atoms with E-state index in [1.54, 1.807) is 6.20 Å². The van der Waals surface area contributed by atoms with Crippen LogP contribution < -0.4 is 5.32 Å². The lowest BCUT2D eigenvalue weighted by Crippen LogP contribution is -2.18. The van der Waals surface area contributed by atoms with Gasteiger partial charge in [0.05, 0.1) is 11.4 Å². The molecule has 0 aliphatic rings. The molecule has 1 N–H and O–H groups in total. The Morgan fingerprint density at radius 3 is 3.00 bits per heavy atom. The number of ether oxygens (including phenoxy) is 1. The Balaban J connectivity index is 2.02. The molecule has 2 aromatic heterocycles. The maximum absolute atomic E-state index is 12.0. The van der Waals surface area contributed by atoms with Crippen molar-refractivity contribution < 1.29 is 9.53 Å². The molecule has 0 saturated heterocycles. The Kier molecular flexibility index (Phi) is 4.39. The van der Waals surface area contributed by atoms with Gasteiger partial charge in [-0.3, -0.25) is 9.20 Å². The Hall–Kier alpha value is -2.66. The van der Waals surface area contributed by atoms with Crippen LogP contribution in [0.15, 0.2) is 48.8 Å². The fourth-order valence-corrected chi connectivity index (χ4v) is 2.53. The van der Waals surface area contributed by atoms with Gasteiger partial charge in [0.1, 0.15) is 12.3 Å². The molecule has 0 spiro atoms. The zero-order valence-corrected chi connectivity index (χ0v) is 13.2. The zero-order chi connectivity index (χ0) is 16.2. The fourth-order valence-electron chi connectivity index (χ4n) is 2.53. The van der Waals surface area contributed by atoms with Gasteiger partial charge in [-0.1, -0.05) is 18.2 Å². The molecule has 0 aliphatic heterocycles. The lowest BCUT2D eigenvalue weighted by Gasteiger charge is -2.14. The highest BCUT2D eigenvalue weighted by atomic mass is 16.5. The molecule has 1 aromatic carbocycles. The molecule has 1 amide bonds. The summed E-state index contributed by atoms with van der Waals surface area (Å²) in [6.07, 6.45) is 3.68. The quantitative estimate of drug-likeness (QED) is 0.787. The summed E-state index contributed by atoms with van der Waals surface area (Å²) < 4.78 is 7.18. The van der Waals surface area contributed by atoms with Crippen molar-refractivity contribution >= 4 is 17.2 Å². The molecule has 3 aromatic rings. The van der Waals surface area contributed by atoms with Crippen LogP contribution in [0.2, 0.25) is 0 Å². The molecule has 5 heteroatoms. The molecule has 23 heavy (non-hydrogen) atoms. The number of pyridine rings is 1. The summed E-state index contributed by atoms with van der Waals surface area (Å²) in [7, 11) is 0. The van der Waals surface area contributed by atoms with Crippen molar-refractivity contribution in [2.24, 2.45) is 0 Å². The van der Waals surface area contributed by atoms with Crippen LogP contribution in [-0.2, 0) is 9.53 Å². The second-order valence-electron chi connectivity index (χ2n) is 5.30.